The van der Waals surface area contributed by atoms with Gasteiger partial charge >= 0.3 is 5.97 Å². The number of aliphatic carboxylic acids is 1. The topological polar surface area (TPSA) is 132 Å². The average molecular weight is 249 g/mol. The molecule has 90 valence electrons. The van der Waals surface area contributed by atoms with E-state index in [1.165, 1.54) is 12.3 Å². The predicted octanol–water partition coefficient (Wildman–Crippen LogP) is -1.48. The molecule has 1 atom stereocenters. The van der Waals surface area contributed by atoms with E-state index in [1.54, 1.807) is 0 Å². The average Bonchev–Trinajstić information content (AvgIpc) is 2.70. The summed E-state index contributed by atoms with van der Waals surface area (Å²) in [5.74, 6) is -1.39. The van der Waals surface area contributed by atoms with Crippen LogP contribution in [0.15, 0.2) is 17.3 Å². The van der Waals surface area contributed by atoms with Crippen molar-refractivity contribution in [1.29, 1.82) is 0 Å². The number of nitrogens with zero attached hydrogens (tertiary/aromatic N) is 1. The smallest absolute Gasteiger partial charge is 0.332 e. The van der Waals surface area contributed by atoms with Crippen molar-refractivity contribution in [2.24, 2.45) is 0 Å². The molecular formula is C7H11N3O5S. The molecule has 0 aliphatic carbocycles. The summed E-state index contributed by atoms with van der Waals surface area (Å²) in [5, 5.41) is 22.9. The molecule has 1 rings (SSSR count). The first-order valence-electron chi connectivity index (χ1n) is 4.33. The lowest BCUT2D eigenvalue weighted by atomic mass is 10.3. The first-order chi connectivity index (χ1) is 7.43. The molecule has 0 saturated carbocycles. The fraction of sp³-hybridized carbons (Fsp3) is 0.429. The van der Waals surface area contributed by atoms with Gasteiger partial charge < -0.3 is 10.2 Å². The van der Waals surface area contributed by atoms with Crippen LogP contribution in [0.5, 0.6) is 0 Å². The zero-order valence-corrected chi connectivity index (χ0v) is 8.94. The first kappa shape index (κ1) is 12.6. The van der Waals surface area contributed by atoms with Crippen LogP contribution in [0, 0.1) is 0 Å². The molecular weight excluding hydrogens is 238 g/mol. The molecule has 0 spiro atoms. The van der Waals surface area contributed by atoms with Gasteiger partial charge in [-0.3, -0.25) is 5.10 Å². The van der Waals surface area contributed by atoms with Crippen molar-refractivity contribution in [1.82, 2.24) is 14.9 Å². The number of aliphatic hydroxyl groups excluding tert-OH is 1. The van der Waals surface area contributed by atoms with Gasteiger partial charge in [-0.25, -0.2) is 17.9 Å². The van der Waals surface area contributed by atoms with Crippen molar-refractivity contribution in [3.05, 3.63) is 12.3 Å². The molecule has 0 aliphatic heterocycles. The van der Waals surface area contributed by atoms with E-state index in [-0.39, 0.29) is 18.0 Å². The standard InChI is InChI=1S/C7H11N3O5S/c11-5(7(12)13)1-4-9-16(14,15)6-2-3-8-10-6/h2-3,5,9,11H,1,4H2,(H,8,10)(H,12,13)/t5-/m0/s1. The Bertz CT molecular complexity index is 441. The van der Waals surface area contributed by atoms with Gasteiger partial charge in [0.15, 0.2) is 11.1 Å². The highest BCUT2D eigenvalue weighted by atomic mass is 32.2. The van der Waals surface area contributed by atoms with E-state index in [2.05, 4.69) is 14.9 Å². The second-order valence-electron chi connectivity index (χ2n) is 2.96. The fourth-order valence-corrected chi connectivity index (χ4v) is 1.88. The molecule has 0 radical (unpaired) electrons. The Morgan fingerprint density at radius 2 is 2.31 bits per heavy atom. The maximum Gasteiger partial charge on any atom is 0.332 e. The van der Waals surface area contributed by atoms with Crippen LogP contribution in [0.2, 0.25) is 0 Å². The summed E-state index contributed by atoms with van der Waals surface area (Å²) in [4.78, 5) is 10.2. The zero-order chi connectivity index (χ0) is 12.2. The van der Waals surface area contributed by atoms with Crippen LogP contribution in [0.4, 0.5) is 0 Å². The molecule has 9 heteroatoms. The summed E-state index contributed by atoms with van der Waals surface area (Å²) < 4.78 is 25.0. The fourth-order valence-electron chi connectivity index (χ4n) is 0.924. The number of aromatic nitrogens is 2. The number of hydrogen-bond donors (Lipinski definition) is 4. The molecule has 0 bridgehead atoms. The Balaban J connectivity index is 2.47. The molecule has 8 nitrogen and oxygen atoms in total. The molecule has 1 heterocycles. The maximum atomic E-state index is 11.4. The Morgan fingerprint density at radius 3 is 2.81 bits per heavy atom. The third kappa shape index (κ3) is 3.29. The Morgan fingerprint density at radius 1 is 1.62 bits per heavy atom. The summed E-state index contributed by atoms with van der Waals surface area (Å²) in [6, 6.07) is 1.26. The number of carboxylic acid groups (broad SMARTS) is 1. The molecule has 0 aliphatic rings. The molecule has 0 unspecified atom stereocenters. The second-order valence-corrected chi connectivity index (χ2v) is 4.70. The lowest BCUT2D eigenvalue weighted by Gasteiger charge is -2.06. The number of nitrogens with one attached hydrogen (secondary N) is 2. The number of hydrogen-bond acceptors (Lipinski definition) is 5. The number of carboxylic acids is 1. The number of sulfonamides is 1. The quantitative estimate of drug-likeness (QED) is 0.486. The zero-order valence-electron chi connectivity index (χ0n) is 8.12. The first-order valence-corrected chi connectivity index (χ1v) is 5.81. The number of aliphatic hydroxyl groups is 1. The summed E-state index contributed by atoms with van der Waals surface area (Å²) in [6.07, 6.45) is -0.506. The number of aromatic amines is 1. The third-order valence-electron chi connectivity index (χ3n) is 1.76. The van der Waals surface area contributed by atoms with Crippen LogP contribution >= 0.6 is 0 Å². The van der Waals surface area contributed by atoms with E-state index in [0.29, 0.717) is 0 Å². The largest absolute Gasteiger partial charge is 0.479 e. The van der Waals surface area contributed by atoms with Crippen LogP contribution in [-0.4, -0.2) is 47.4 Å². The highest BCUT2D eigenvalue weighted by Gasteiger charge is 2.17. The van der Waals surface area contributed by atoms with Gasteiger partial charge in [0.05, 0.1) is 6.20 Å². The number of carbonyl (C=O) groups is 1. The normalized spacial score (nSPS) is 13.6. The van der Waals surface area contributed by atoms with Crippen molar-refractivity contribution >= 4 is 16.0 Å². The van der Waals surface area contributed by atoms with Crippen LogP contribution < -0.4 is 4.72 Å². The summed E-state index contributed by atoms with van der Waals surface area (Å²) in [7, 11) is -3.71. The Kier molecular flexibility index (Phi) is 3.99. The highest BCUT2D eigenvalue weighted by molar-refractivity contribution is 7.89. The Hall–Kier alpha value is -1.45. The SMILES string of the molecule is O=C(O)[C@@H](O)CCNS(=O)(=O)c1ccn[nH]1. The van der Waals surface area contributed by atoms with Crippen LogP contribution in [0.1, 0.15) is 6.42 Å². The minimum atomic E-state index is -3.71. The molecule has 0 aromatic carbocycles. The van der Waals surface area contributed by atoms with E-state index in [9.17, 15) is 13.2 Å². The van der Waals surface area contributed by atoms with Crippen LogP contribution in [0.3, 0.4) is 0 Å². The van der Waals surface area contributed by atoms with Gasteiger partial charge in [-0.15, -0.1) is 0 Å². The van der Waals surface area contributed by atoms with Gasteiger partial charge in [0.25, 0.3) is 10.0 Å². The number of H-pyrrole nitrogens is 1. The van der Waals surface area contributed by atoms with Crippen LogP contribution in [0.25, 0.3) is 0 Å². The maximum absolute atomic E-state index is 11.4. The van der Waals surface area contributed by atoms with Gasteiger partial charge in [0, 0.05) is 6.54 Å². The summed E-state index contributed by atoms with van der Waals surface area (Å²) >= 11 is 0. The molecule has 0 fully saturated rings. The summed E-state index contributed by atoms with van der Waals surface area (Å²) in [5.41, 5.74) is 0. The van der Waals surface area contributed by atoms with E-state index >= 15 is 0 Å². The molecule has 0 saturated heterocycles. The van der Waals surface area contributed by atoms with Crippen LogP contribution in [-0.2, 0) is 14.8 Å². The Labute approximate surface area is 91.3 Å². The minimum absolute atomic E-state index is 0.114. The monoisotopic (exact) mass is 249 g/mol. The number of rotatable bonds is 6. The second kappa shape index (κ2) is 5.05. The van der Waals surface area contributed by atoms with Crippen molar-refractivity contribution in [2.75, 3.05) is 6.54 Å². The highest BCUT2D eigenvalue weighted by Crippen LogP contribution is 2.02. The van der Waals surface area contributed by atoms with Crippen molar-refractivity contribution in [2.45, 2.75) is 17.6 Å². The van der Waals surface area contributed by atoms with Crippen molar-refractivity contribution < 1.29 is 23.4 Å². The van der Waals surface area contributed by atoms with Gasteiger partial charge in [-0.2, -0.15) is 5.10 Å². The molecule has 1 aromatic heterocycles. The minimum Gasteiger partial charge on any atom is -0.479 e. The predicted molar refractivity (Wildman–Crippen MR) is 52.0 cm³/mol. The van der Waals surface area contributed by atoms with E-state index in [1.807, 2.05) is 0 Å². The lowest BCUT2D eigenvalue weighted by molar-refractivity contribution is -0.146. The molecule has 1 aromatic rings. The van der Waals surface area contributed by atoms with Gasteiger partial charge in [0.2, 0.25) is 0 Å². The van der Waals surface area contributed by atoms with Gasteiger partial charge in [-0.1, -0.05) is 0 Å². The van der Waals surface area contributed by atoms with E-state index < -0.39 is 22.1 Å². The van der Waals surface area contributed by atoms with E-state index in [0.717, 1.165) is 0 Å². The van der Waals surface area contributed by atoms with E-state index in [4.69, 9.17) is 10.2 Å². The molecule has 0 amide bonds. The van der Waals surface area contributed by atoms with Gasteiger partial charge in [-0.05, 0) is 12.5 Å². The molecule has 16 heavy (non-hydrogen) atoms. The van der Waals surface area contributed by atoms with Gasteiger partial charge in [0.1, 0.15) is 0 Å². The third-order valence-corrected chi connectivity index (χ3v) is 3.15. The van der Waals surface area contributed by atoms with Crippen molar-refractivity contribution in [3.8, 4) is 0 Å². The van der Waals surface area contributed by atoms with Crippen molar-refractivity contribution in [3.63, 3.8) is 0 Å². The lowest BCUT2D eigenvalue weighted by Crippen LogP contribution is -2.30. The molecule has 4 N–H and O–H groups in total. The summed E-state index contributed by atoms with van der Waals surface area (Å²) in [6.45, 7) is -0.172.